The van der Waals surface area contributed by atoms with E-state index in [0.29, 0.717) is 0 Å². The Morgan fingerprint density at radius 2 is 1.80 bits per heavy atom. The van der Waals surface area contributed by atoms with E-state index in [2.05, 4.69) is 20.3 Å². The molecule has 4 aromatic rings. The number of rotatable bonds is 2. The predicted molar refractivity (Wildman–Crippen MR) is 73.3 cm³/mol. The maximum atomic E-state index is 4.47. The zero-order valence-corrected chi connectivity index (χ0v) is 10.5. The van der Waals surface area contributed by atoms with Crippen LogP contribution in [-0.4, -0.2) is 29.4 Å². The van der Waals surface area contributed by atoms with E-state index in [4.69, 9.17) is 0 Å². The van der Waals surface area contributed by atoms with Gasteiger partial charge in [0.25, 0.3) is 0 Å². The van der Waals surface area contributed by atoms with Crippen LogP contribution in [0.4, 0.5) is 0 Å². The largest absolute Gasteiger partial charge is 0.306 e. The van der Waals surface area contributed by atoms with Crippen LogP contribution in [0.1, 0.15) is 0 Å². The SMILES string of the molecule is c1cn(-c2ccc(-c3ccc4nncn4n3)cc2)cn1. The fraction of sp³-hybridized carbons (Fsp3) is 0. The van der Waals surface area contributed by atoms with Gasteiger partial charge >= 0.3 is 0 Å². The number of imidazole rings is 1. The first-order valence-corrected chi connectivity index (χ1v) is 6.16. The van der Waals surface area contributed by atoms with E-state index in [-0.39, 0.29) is 0 Å². The Bertz CT molecular complexity index is 845. The Hall–Kier alpha value is -3.02. The average molecular weight is 262 g/mol. The van der Waals surface area contributed by atoms with Crippen LogP contribution in [-0.2, 0) is 0 Å². The van der Waals surface area contributed by atoms with Crippen LogP contribution in [0.3, 0.4) is 0 Å². The molecule has 0 atom stereocenters. The number of hydrogen-bond donors (Lipinski definition) is 0. The molecule has 0 aliphatic heterocycles. The van der Waals surface area contributed by atoms with Crippen LogP contribution in [0.5, 0.6) is 0 Å². The number of hydrogen-bond acceptors (Lipinski definition) is 4. The quantitative estimate of drug-likeness (QED) is 0.554. The number of benzene rings is 1. The average Bonchev–Trinajstić information content (AvgIpc) is 3.18. The molecule has 6 nitrogen and oxygen atoms in total. The molecule has 3 aromatic heterocycles. The fourth-order valence-corrected chi connectivity index (χ4v) is 2.10. The molecule has 0 radical (unpaired) electrons. The summed E-state index contributed by atoms with van der Waals surface area (Å²) in [6.07, 6.45) is 7.04. The van der Waals surface area contributed by atoms with Gasteiger partial charge in [-0.1, -0.05) is 12.1 Å². The number of fused-ring (bicyclic) bond motifs is 1. The highest BCUT2D eigenvalue weighted by Gasteiger charge is 2.03. The molecule has 20 heavy (non-hydrogen) atoms. The molecule has 6 heteroatoms. The molecule has 0 spiro atoms. The van der Waals surface area contributed by atoms with Gasteiger partial charge in [0.2, 0.25) is 0 Å². The molecule has 0 bridgehead atoms. The summed E-state index contributed by atoms with van der Waals surface area (Å²) in [6.45, 7) is 0. The summed E-state index contributed by atoms with van der Waals surface area (Å²) >= 11 is 0. The van der Waals surface area contributed by atoms with Gasteiger partial charge in [-0.3, -0.25) is 0 Å². The monoisotopic (exact) mass is 262 g/mol. The molecule has 0 saturated heterocycles. The van der Waals surface area contributed by atoms with Crippen LogP contribution in [0.25, 0.3) is 22.6 Å². The normalized spacial score (nSPS) is 11.0. The molecule has 0 fully saturated rings. The van der Waals surface area contributed by atoms with E-state index in [1.807, 2.05) is 47.2 Å². The summed E-state index contributed by atoms with van der Waals surface area (Å²) < 4.78 is 3.62. The maximum Gasteiger partial charge on any atom is 0.177 e. The van der Waals surface area contributed by atoms with Crippen LogP contribution in [0, 0.1) is 0 Å². The van der Waals surface area contributed by atoms with Gasteiger partial charge < -0.3 is 4.57 Å². The zero-order chi connectivity index (χ0) is 13.4. The number of nitrogens with zero attached hydrogens (tertiary/aromatic N) is 6. The first-order chi connectivity index (χ1) is 9.90. The second-order valence-corrected chi connectivity index (χ2v) is 4.37. The lowest BCUT2D eigenvalue weighted by Crippen LogP contribution is -1.94. The Morgan fingerprint density at radius 1 is 0.900 bits per heavy atom. The second-order valence-electron chi connectivity index (χ2n) is 4.37. The van der Waals surface area contributed by atoms with Gasteiger partial charge in [0, 0.05) is 23.6 Å². The van der Waals surface area contributed by atoms with Gasteiger partial charge in [0.05, 0.1) is 12.0 Å². The standard InChI is InChI=1S/C14H10N6/c1-3-12(19-8-7-15-9-19)4-2-11(1)13-5-6-14-17-16-10-20(14)18-13/h1-10H. The molecule has 4 rings (SSSR count). The van der Waals surface area contributed by atoms with Crippen molar-refractivity contribution in [3.63, 3.8) is 0 Å². The van der Waals surface area contributed by atoms with E-state index in [9.17, 15) is 0 Å². The van der Waals surface area contributed by atoms with Crippen molar-refractivity contribution in [2.45, 2.75) is 0 Å². The van der Waals surface area contributed by atoms with Crippen LogP contribution >= 0.6 is 0 Å². The van der Waals surface area contributed by atoms with Crippen molar-refractivity contribution in [1.29, 1.82) is 0 Å². The van der Waals surface area contributed by atoms with Gasteiger partial charge in [0.1, 0.15) is 6.33 Å². The summed E-state index contributed by atoms with van der Waals surface area (Å²) in [6, 6.07) is 12.0. The van der Waals surface area contributed by atoms with Gasteiger partial charge in [0.15, 0.2) is 5.65 Å². The first-order valence-electron chi connectivity index (χ1n) is 6.16. The van der Waals surface area contributed by atoms with Gasteiger partial charge in [-0.15, -0.1) is 10.2 Å². The van der Waals surface area contributed by atoms with Crippen LogP contribution in [0.2, 0.25) is 0 Å². The summed E-state index contributed by atoms with van der Waals surface area (Å²) in [5, 5.41) is 12.2. The molecular weight excluding hydrogens is 252 g/mol. The summed E-state index contributed by atoms with van der Waals surface area (Å²) in [5.74, 6) is 0. The lowest BCUT2D eigenvalue weighted by Gasteiger charge is -2.04. The van der Waals surface area contributed by atoms with Gasteiger partial charge in [-0.05, 0) is 24.3 Å². The smallest absolute Gasteiger partial charge is 0.177 e. The molecule has 1 aromatic carbocycles. The molecule has 0 aliphatic carbocycles. The first kappa shape index (κ1) is 10.9. The molecular formula is C14H10N6. The van der Waals surface area contributed by atoms with Crippen molar-refractivity contribution < 1.29 is 0 Å². The summed E-state index contributed by atoms with van der Waals surface area (Å²) in [7, 11) is 0. The van der Waals surface area contributed by atoms with Crippen molar-refractivity contribution in [2.24, 2.45) is 0 Å². The van der Waals surface area contributed by atoms with Crippen molar-refractivity contribution in [3.8, 4) is 16.9 Å². The van der Waals surface area contributed by atoms with Gasteiger partial charge in [-0.2, -0.15) is 9.61 Å². The predicted octanol–water partition coefficient (Wildman–Crippen LogP) is 1.98. The molecule has 0 aliphatic rings. The van der Waals surface area contributed by atoms with E-state index in [0.717, 1.165) is 22.6 Å². The molecule has 0 N–H and O–H groups in total. The van der Waals surface area contributed by atoms with E-state index in [1.54, 1.807) is 23.4 Å². The molecule has 96 valence electrons. The molecule has 3 heterocycles. The summed E-state index contributed by atoms with van der Waals surface area (Å²) in [5.41, 5.74) is 3.74. The molecule has 0 unspecified atom stereocenters. The Balaban J connectivity index is 1.74. The third kappa shape index (κ3) is 1.74. The zero-order valence-electron chi connectivity index (χ0n) is 10.5. The minimum absolute atomic E-state index is 0.740. The van der Waals surface area contributed by atoms with Crippen molar-refractivity contribution >= 4 is 5.65 Å². The topological polar surface area (TPSA) is 60.9 Å². The van der Waals surface area contributed by atoms with Crippen LogP contribution < -0.4 is 0 Å². The number of aromatic nitrogens is 6. The van der Waals surface area contributed by atoms with Crippen molar-refractivity contribution in [3.05, 3.63) is 61.4 Å². The molecule has 0 saturated carbocycles. The van der Waals surface area contributed by atoms with E-state index in [1.165, 1.54) is 0 Å². The third-order valence-corrected chi connectivity index (χ3v) is 3.13. The highest BCUT2D eigenvalue weighted by Crippen LogP contribution is 2.19. The van der Waals surface area contributed by atoms with E-state index < -0.39 is 0 Å². The van der Waals surface area contributed by atoms with Gasteiger partial charge in [-0.25, -0.2) is 4.98 Å². The lowest BCUT2D eigenvalue weighted by atomic mass is 10.1. The summed E-state index contributed by atoms with van der Waals surface area (Å²) in [4.78, 5) is 4.04. The Morgan fingerprint density at radius 3 is 2.60 bits per heavy atom. The van der Waals surface area contributed by atoms with E-state index >= 15 is 0 Å². The Labute approximate surface area is 114 Å². The van der Waals surface area contributed by atoms with Crippen molar-refractivity contribution in [1.82, 2.24) is 29.4 Å². The minimum Gasteiger partial charge on any atom is -0.306 e. The van der Waals surface area contributed by atoms with Crippen LogP contribution in [0.15, 0.2) is 61.4 Å². The molecule has 0 amide bonds. The third-order valence-electron chi connectivity index (χ3n) is 3.13. The fourth-order valence-electron chi connectivity index (χ4n) is 2.10. The highest BCUT2D eigenvalue weighted by atomic mass is 15.3. The minimum atomic E-state index is 0.740. The Kier molecular flexibility index (Phi) is 2.32. The highest BCUT2D eigenvalue weighted by molar-refractivity contribution is 5.61. The second kappa shape index (κ2) is 4.27. The lowest BCUT2D eigenvalue weighted by molar-refractivity contribution is 0.932. The maximum absolute atomic E-state index is 4.47. The van der Waals surface area contributed by atoms with Crippen molar-refractivity contribution in [2.75, 3.05) is 0 Å².